The zero-order valence-corrected chi connectivity index (χ0v) is 17.2. The Bertz CT molecular complexity index is 975. The van der Waals surface area contributed by atoms with Crippen LogP contribution in [0.1, 0.15) is 30.5 Å². The average molecular weight is 401 g/mol. The lowest BCUT2D eigenvalue weighted by atomic mass is 9.96. The molecule has 2 N–H and O–H groups in total. The Hall–Kier alpha value is -3.11. The van der Waals surface area contributed by atoms with Crippen LogP contribution in [0.15, 0.2) is 84.9 Å². The first-order chi connectivity index (χ1) is 14.6. The quantitative estimate of drug-likeness (QED) is 0.585. The van der Waals surface area contributed by atoms with Gasteiger partial charge in [-0.15, -0.1) is 0 Å². The molecule has 154 valence electrons. The van der Waals surface area contributed by atoms with E-state index in [0.717, 1.165) is 17.5 Å². The van der Waals surface area contributed by atoms with E-state index >= 15 is 0 Å². The lowest BCUT2D eigenvalue weighted by Gasteiger charge is -2.29. The number of nitrogens with one attached hydrogen (secondary N) is 1. The summed E-state index contributed by atoms with van der Waals surface area (Å²) in [5, 5.41) is 13.5. The van der Waals surface area contributed by atoms with Crippen molar-refractivity contribution in [3.8, 4) is 11.1 Å². The van der Waals surface area contributed by atoms with E-state index in [0.29, 0.717) is 13.0 Å². The molecule has 3 aromatic rings. The second-order valence-electron chi connectivity index (χ2n) is 8.01. The molecular formula is C26H28N2O2. The van der Waals surface area contributed by atoms with Crippen LogP contribution in [-0.2, 0) is 6.42 Å². The molecule has 0 spiro atoms. The number of amides is 1. The highest BCUT2D eigenvalue weighted by atomic mass is 16.4. The van der Waals surface area contributed by atoms with Crippen molar-refractivity contribution in [3.05, 3.63) is 96.1 Å². The second kappa shape index (κ2) is 9.14. The van der Waals surface area contributed by atoms with E-state index in [1.54, 1.807) is 4.90 Å². The number of hydrogen-bond acceptors (Lipinski definition) is 2. The molecule has 1 saturated heterocycles. The van der Waals surface area contributed by atoms with Crippen LogP contribution in [0.25, 0.3) is 11.1 Å². The first-order valence-corrected chi connectivity index (χ1v) is 10.6. The third-order valence-electron chi connectivity index (χ3n) is 6.03. The summed E-state index contributed by atoms with van der Waals surface area (Å²) in [6.45, 7) is 2.71. The molecule has 1 aliphatic heterocycles. The van der Waals surface area contributed by atoms with Gasteiger partial charge in [-0.3, -0.25) is 0 Å². The highest BCUT2D eigenvalue weighted by Gasteiger charge is 2.37. The highest BCUT2D eigenvalue weighted by Crippen LogP contribution is 2.27. The molecule has 3 aromatic carbocycles. The van der Waals surface area contributed by atoms with Gasteiger partial charge < -0.3 is 15.3 Å². The molecule has 4 nitrogen and oxygen atoms in total. The van der Waals surface area contributed by atoms with Crippen LogP contribution in [0, 0.1) is 0 Å². The predicted octanol–water partition coefficient (Wildman–Crippen LogP) is 5.37. The van der Waals surface area contributed by atoms with Crippen molar-refractivity contribution >= 4 is 6.09 Å². The fraction of sp³-hybridized carbons (Fsp3) is 0.269. The molecule has 1 unspecified atom stereocenters. The third kappa shape index (κ3) is 4.55. The van der Waals surface area contributed by atoms with E-state index in [2.05, 4.69) is 60.8 Å². The number of benzene rings is 3. The van der Waals surface area contributed by atoms with Gasteiger partial charge in [-0.05, 0) is 42.0 Å². The summed E-state index contributed by atoms with van der Waals surface area (Å²) in [7, 11) is 0. The number of carbonyl (C=O) groups is 1. The summed E-state index contributed by atoms with van der Waals surface area (Å²) < 4.78 is 0. The van der Waals surface area contributed by atoms with Crippen LogP contribution in [0.4, 0.5) is 4.79 Å². The van der Waals surface area contributed by atoms with E-state index in [9.17, 15) is 9.90 Å². The molecule has 0 aromatic heterocycles. The largest absolute Gasteiger partial charge is 0.465 e. The summed E-state index contributed by atoms with van der Waals surface area (Å²) in [5.74, 6) is 0. The van der Waals surface area contributed by atoms with Crippen molar-refractivity contribution in [1.29, 1.82) is 0 Å². The first-order valence-electron chi connectivity index (χ1n) is 10.6. The van der Waals surface area contributed by atoms with Crippen molar-refractivity contribution in [1.82, 2.24) is 10.2 Å². The normalized spacial score (nSPS) is 19.6. The Labute approximate surface area is 178 Å². The Balaban J connectivity index is 1.54. The maximum Gasteiger partial charge on any atom is 0.407 e. The average Bonchev–Trinajstić information content (AvgIpc) is 3.17. The van der Waals surface area contributed by atoms with Crippen molar-refractivity contribution in [3.63, 3.8) is 0 Å². The maximum atomic E-state index is 11.9. The number of hydrogen-bond donors (Lipinski definition) is 2. The molecule has 0 bridgehead atoms. The van der Waals surface area contributed by atoms with Gasteiger partial charge >= 0.3 is 6.09 Å². The van der Waals surface area contributed by atoms with Crippen molar-refractivity contribution in [2.75, 3.05) is 6.54 Å². The lowest BCUT2D eigenvalue weighted by Crippen LogP contribution is -2.46. The molecule has 4 heteroatoms. The number of likely N-dealkylation sites (tertiary alicyclic amines) is 1. The molecule has 1 fully saturated rings. The van der Waals surface area contributed by atoms with Crippen LogP contribution < -0.4 is 5.32 Å². The zero-order valence-electron chi connectivity index (χ0n) is 17.2. The topological polar surface area (TPSA) is 52.6 Å². The smallest absolute Gasteiger partial charge is 0.407 e. The maximum absolute atomic E-state index is 11.9. The van der Waals surface area contributed by atoms with Crippen LogP contribution in [0.2, 0.25) is 0 Å². The Morgan fingerprint density at radius 3 is 2.37 bits per heavy atom. The highest BCUT2D eigenvalue weighted by molar-refractivity contribution is 5.66. The van der Waals surface area contributed by atoms with E-state index in [4.69, 9.17) is 0 Å². The van der Waals surface area contributed by atoms with E-state index in [-0.39, 0.29) is 18.1 Å². The van der Waals surface area contributed by atoms with Crippen molar-refractivity contribution < 1.29 is 9.90 Å². The number of carboxylic acid groups (broad SMARTS) is 1. The summed E-state index contributed by atoms with van der Waals surface area (Å²) in [6.07, 6.45) is 0.689. The second-order valence-corrected chi connectivity index (χ2v) is 8.01. The summed E-state index contributed by atoms with van der Waals surface area (Å²) >= 11 is 0. The molecule has 0 saturated carbocycles. The summed E-state index contributed by atoms with van der Waals surface area (Å²) in [4.78, 5) is 13.5. The van der Waals surface area contributed by atoms with Gasteiger partial charge in [0.05, 0.1) is 6.04 Å². The van der Waals surface area contributed by atoms with Gasteiger partial charge in [-0.25, -0.2) is 4.79 Å². The van der Waals surface area contributed by atoms with Crippen LogP contribution in [-0.4, -0.2) is 34.7 Å². The molecule has 0 radical (unpaired) electrons. The van der Waals surface area contributed by atoms with E-state index in [1.807, 2.05) is 36.4 Å². The molecule has 1 heterocycles. The molecule has 1 amide bonds. The molecular weight excluding hydrogens is 372 g/mol. The van der Waals surface area contributed by atoms with E-state index in [1.165, 1.54) is 11.1 Å². The minimum absolute atomic E-state index is 0.0836. The van der Waals surface area contributed by atoms with Crippen LogP contribution in [0.5, 0.6) is 0 Å². The Morgan fingerprint density at radius 2 is 1.67 bits per heavy atom. The van der Waals surface area contributed by atoms with E-state index < -0.39 is 6.09 Å². The molecule has 0 aliphatic carbocycles. The number of rotatable bonds is 6. The van der Waals surface area contributed by atoms with Gasteiger partial charge in [-0.1, -0.05) is 84.9 Å². The fourth-order valence-corrected chi connectivity index (χ4v) is 4.45. The van der Waals surface area contributed by atoms with Crippen molar-refractivity contribution in [2.24, 2.45) is 0 Å². The predicted molar refractivity (Wildman–Crippen MR) is 120 cm³/mol. The van der Waals surface area contributed by atoms with Gasteiger partial charge in [0, 0.05) is 18.6 Å². The molecule has 4 rings (SSSR count). The van der Waals surface area contributed by atoms with Gasteiger partial charge in [0.2, 0.25) is 0 Å². The fourth-order valence-electron chi connectivity index (χ4n) is 4.45. The monoisotopic (exact) mass is 400 g/mol. The minimum atomic E-state index is -0.837. The first kappa shape index (κ1) is 20.2. The SMILES string of the molecule is CC(N[C@H]1CCN(C(=O)O)[C@H]1Cc1cccc(-c2ccccc2)c1)c1ccccc1. The van der Waals surface area contributed by atoms with Gasteiger partial charge in [0.25, 0.3) is 0 Å². The van der Waals surface area contributed by atoms with Crippen LogP contribution in [0.3, 0.4) is 0 Å². The van der Waals surface area contributed by atoms with Gasteiger partial charge in [0.15, 0.2) is 0 Å². The summed E-state index contributed by atoms with van der Waals surface area (Å²) in [5.41, 5.74) is 4.72. The third-order valence-corrected chi connectivity index (χ3v) is 6.03. The zero-order chi connectivity index (χ0) is 20.9. The molecule has 30 heavy (non-hydrogen) atoms. The molecule has 3 atom stereocenters. The van der Waals surface area contributed by atoms with Crippen LogP contribution >= 0.6 is 0 Å². The van der Waals surface area contributed by atoms with Crippen molar-refractivity contribution in [2.45, 2.75) is 37.9 Å². The minimum Gasteiger partial charge on any atom is -0.465 e. The van der Waals surface area contributed by atoms with Gasteiger partial charge in [0.1, 0.15) is 0 Å². The lowest BCUT2D eigenvalue weighted by molar-refractivity contribution is 0.136. The standard InChI is InChI=1S/C26H28N2O2/c1-19(21-10-4-2-5-11-21)27-24-15-16-28(26(29)30)25(24)18-20-9-8-14-23(17-20)22-12-6-3-7-13-22/h2-14,17,19,24-25,27H,15-16,18H2,1H3,(H,29,30)/t19?,24-,25-/m0/s1. The molecule has 1 aliphatic rings. The number of nitrogens with zero attached hydrogens (tertiary/aromatic N) is 1. The summed E-state index contributed by atoms with van der Waals surface area (Å²) in [6, 6.07) is 29.3. The Morgan fingerprint density at radius 1 is 1.00 bits per heavy atom. The van der Waals surface area contributed by atoms with Gasteiger partial charge in [-0.2, -0.15) is 0 Å². The Kier molecular flexibility index (Phi) is 6.15.